The molecule has 0 aliphatic heterocycles. The van der Waals surface area contributed by atoms with E-state index in [-0.39, 0.29) is 11.9 Å². The lowest BCUT2D eigenvalue weighted by Gasteiger charge is -2.17. The SMILES string of the molecule is CCn1nncc1C(NC)c1ccc(Cl)cc1F. The molecule has 1 N–H and O–H groups in total. The number of hydrogen-bond acceptors (Lipinski definition) is 3. The van der Waals surface area contributed by atoms with Crippen LogP contribution in [0.3, 0.4) is 0 Å². The molecule has 0 saturated heterocycles. The molecule has 0 amide bonds. The molecule has 0 aliphatic rings. The number of aromatic nitrogens is 3. The Labute approximate surface area is 110 Å². The van der Waals surface area contributed by atoms with E-state index >= 15 is 0 Å². The molecular formula is C12H14ClFN4. The molecule has 1 aromatic heterocycles. The van der Waals surface area contributed by atoms with E-state index in [2.05, 4.69) is 15.6 Å². The Balaban J connectivity index is 2.45. The third kappa shape index (κ3) is 2.37. The Bertz CT molecular complexity index is 541. The number of aryl methyl sites for hydroxylation is 1. The van der Waals surface area contributed by atoms with E-state index in [0.717, 1.165) is 5.69 Å². The maximum atomic E-state index is 13.9. The first-order chi connectivity index (χ1) is 8.67. The van der Waals surface area contributed by atoms with E-state index in [4.69, 9.17) is 11.6 Å². The molecule has 0 saturated carbocycles. The highest BCUT2D eigenvalue weighted by Crippen LogP contribution is 2.25. The van der Waals surface area contributed by atoms with E-state index in [0.29, 0.717) is 17.1 Å². The zero-order valence-corrected chi connectivity index (χ0v) is 10.9. The van der Waals surface area contributed by atoms with Crippen LogP contribution >= 0.6 is 11.6 Å². The zero-order chi connectivity index (χ0) is 13.1. The highest BCUT2D eigenvalue weighted by Gasteiger charge is 2.20. The topological polar surface area (TPSA) is 42.7 Å². The second kappa shape index (κ2) is 5.46. The Kier molecular flexibility index (Phi) is 3.93. The molecule has 0 aliphatic carbocycles. The smallest absolute Gasteiger partial charge is 0.129 e. The largest absolute Gasteiger partial charge is 0.308 e. The van der Waals surface area contributed by atoms with Crippen LogP contribution in [0.25, 0.3) is 0 Å². The molecule has 18 heavy (non-hydrogen) atoms. The van der Waals surface area contributed by atoms with Crippen molar-refractivity contribution < 1.29 is 4.39 Å². The fraction of sp³-hybridized carbons (Fsp3) is 0.333. The van der Waals surface area contributed by atoms with Gasteiger partial charge in [0.15, 0.2) is 0 Å². The highest BCUT2D eigenvalue weighted by molar-refractivity contribution is 6.30. The lowest BCUT2D eigenvalue weighted by Crippen LogP contribution is -2.22. The van der Waals surface area contributed by atoms with Crippen molar-refractivity contribution in [2.75, 3.05) is 7.05 Å². The van der Waals surface area contributed by atoms with Gasteiger partial charge in [-0.1, -0.05) is 22.9 Å². The normalized spacial score (nSPS) is 12.7. The summed E-state index contributed by atoms with van der Waals surface area (Å²) in [7, 11) is 1.77. The van der Waals surface area contributed by atoms with Crippen LogP contribution in [-0.4, -0.2) is 22.0 Å². The van der Waals surface area contributed by atoms with Gasteiger partial charge in [0.2, 0.25) is 0 Å². The van der Waals surface area contributed by atoms with Crippen LogP contribution in [0.2, 0.25) is 5.02 Å². The maximum Gasteiger partial charge on any atom is 0.129 e. The van der Waals surface area contributed by atoms with E-state index in [1.54, 1.807) is 30.1 Å². The average molecular weight is 269 g/mol. The third-order valence-electron chi connectivity index (χ3n) is 2.81. The van der Waals surface area contributed by atoms with Crippen LogP contribution in [0.15, 0.2) is 24.4 Å². The second-order valence-corrected chi connectivity index (χ2v) is 4.30. The maximum absolute atomic E-state index is 13.9. The number of nitrogens with zero attached hydrogens (tertiary/aromatic N) is 3. The predicted molar refractivity (Wildman–Crippen MR) is 68.0 cm³/mol. The van der Waals surface area contributed by atoms with Crippen molar-refractivity contribution in [3.05, 3.63) is 46.5 Å². The summed E-state index contributed by atoms with van der Waals surface area (Å²) in [5.74, 6) is -0.342. The van der Waals surface area contributed by atoms with Gasteiger partial charge in [0.25, 0.3) is 0 Å². The summed E-state index contributed by atoms with van der Waals surface area (Å²) in [6, 6.07) is 4.36. The number of nitrogens with one attached hydrogen (secondary N) is 1. The molecule has 1 unspecified atom stereocenters. The summed E-state index contributed by atoms with van der Waals surface area (Å²) in [5.41, 5.74) is 1.35. The van der Waals surface area contributed by atoms with Gasteiger partial charge in [-0.05, 0) is 26.1 Å². The van der Waals surface area contributed by atoms with Gasteiger partial charge in [0, 0.05) is 17.1 Å². The molecule has 1 aromatic carbocycles. The van der Waals surface area contributed by atoms with Gasteiger partial charge in [-0.15, -0.1) is 5.10 Å². The molecule has 1 heterocycles. The molecule has 0 fully saturated rings. The van der Waals surface area contributed by atoms with Crippen molar-refractivity contribution in [1.29, 1.82) is 0 Å². The predicted octanol–water partition coefficient (Wildman–Crippen LogP) is 2.40. The Morgan fingerprint density at radius 3 is 2.89 bits per heavy atom. The molecule has 0 spiro atoms. The first-order valence-corrected chi connectivity index (χ1v) is 6.05. The first kappa shape index (κ1) is 13.0. The van der Waals surface area contributed by atoms with Crippen molar-refractivity contribution in [1.82, 2.24) is 20.3 Å². The van der Waals surface area contributed by atoms with Gasteiger partial charge in [-0.2, -0.15) is 0 Å². The summed E-state index contributed by atoms with van der Waals surface area (Å²) in [5, 5.41) is 11.3. The average Bonchev–Trinajstić information content (AvgIpc) is 2.81. The molecule has 2 rings (SSSR count). The minimum Gasteiger partial charge on any atom is -0.308 e. The van der Waals surface area contributed by atoms with E-state index < -0.39 is 0 Å². The zero-order valence-electron chi connectivity index (χ0n) is 10.2. The number of rotatable bonds is 4. The van der Waals surface area contributed by atoms with Crippen LogP contribution in [0, 0.1) is 5.82 Å². The second-order valence-electron chi connectivity index (χ2n) is 3.86. The summed E-state index contributed by atoms with van der Waals surface area (Å²) < 4.78 is 15.7. The van der Waals surface area contributed by atoms with Crippen molar-refractivity contribution in [2.45, 2.75) is 19.5 Å². The lowest BCUT2D eigenvalue weighted by molar-refractivity contribution is 0.527. The number of hydrogen-bond donors (Lipinski definition) is 1. The first-order valence-electron chi connectivity index (χ1n) is 5.68. The lowest BCUT2D eigenvalue weighted by atomic mass is 10.0. The number of halogens is 2. The van der Waals surface area contributed by atoms with Crippen LogP contribution in [0.5, 0.6) is 0 Å². The Morgan fingerprint density at radius 2 is 2.28 bits per heavy atom. The minimum atomic E-state index is -0.342. The van der Waals surface area contributed by atoms with E-state index in [1.165, 1.54) is 6.07 Å². The molecule has 6 heteroatoms. The Morgan fingerprint density at radius 1 is 1.50 bits per heavy atom. The summed E-state index contributed by atoms with van der Waals surface area (Å²) in [4.78, 5) is 0. The minimum absolute atomic E-state index is 0.294. The molecule has 0 radical (unpaired) electrons. The van der Waals surface area contributed by atoms with Gasteiger partial charge in [0.1, 0.15) is 5.82 Å². The Hall–Kier alpha value is -1.46. The third-order valence-corrected chi connectivity index (χ3v) is 3.04. The molecule has 2 aromatic rings. The van der Waals surface area contributed by atoms with Crippen molar-refractivity contribution >= 4 is 11.6 Å². The van der Waals surface area contributed by atoms with E-state index in [1.807, 2.05) is 6.92 Å². The standard InChI is InChI=1S/C12H14ClFN4/c1-3-18-11(7-16-17-18)12(15-2)9-5-4-8(13)6-10(9)14/h4-7,12,15H,3H2,1-2H3. The van der Waals surface area contributed by atoms with Crippen molar-refractivity contribution in [3.63, 3.8) is 0 Å². The van der Waals surface area contributed by atoms with Crippen molar-refractivity contribution in [3.8, 4) is 0 Å². The van der Waals surface area contributed by atoms with Gasteiger partial charge in [-0.25, -0.2) is 9.07 Å². The molecule has 4 nitrogen and oxygen atoms in total. The molecule has 0 bridgehead atoms. The van der Waals surface area contributed by atoms with Crippen LogP contribution in [0.1, 0.15) is 24.2 Å². The van der Waals surface area contributed by atoms with Crippen LogP contribution in [-0.2, 0) is 6.54 Å². The monoisotopic (exact) mass is 268 g/mol. The highest BCUT2D eigenvalue weighted by atomic mass is 35.5. The molecule has 1 atom stereocenters. The van der Waals surface area contributed by atoms with Gasteiger partial charge in [0.05, 0.1) is 17.9 Å². The summed E-state index contributed by atoms with van der Waals surface area (Å²) in [6.45, 7) is 2.64. The van der Waals surface area contributed by atoms with Gasteiger partial charge in [-0.3, -0.25) is 0 Å². The summed E-state index contributed by atoms with van der Waals surface area (Å²) >= 11 is 5.76. The van der Waals surface area contributed by atoms with Gasteiger partial charge < -0.3 is 5.32 Å². The van der Waals surface area contributed by atoms with Crippen molar-refractivity contribution in [2.24, 2.45) is 0 Å². The fourth-order valence-electron chi connectivity index (χ4n) is 1.93. The summed E-state index contributed by atoms with van der Waals surface area (Å²) in [6.07, 6.45) is 1.64. The number of benzene rings is 1. The van der Waals surface area contributed by atoms with Crippen LogP contribution in [0.4, 0.5) is 4.39 Å². The van der Waals surface area contributed by atoms with E-state index in [9.17, 15) is 4.39 Å². The molecule has 96 valence electrons. The van der Waals surface area contributed by atoms with Gasteiger partial charge >= 0.3 is 0 Å². The fourth-order valence-corrected chi connectivity index (χ4v) is 2.09. The quantitative estimate of drug-likeness (QED) is 0.926. The van der Waals surface area contributed by atoms with Crippen LogP contribution < -0.4 is 5.32 Å². The molecular weight excluding hydrogens is 255 g/mol.